The molecule has 7 heteroatoms. The van der Waals surface area contributed by atoms with Gasteiger partial charge in [0.15, 0.2) is 5.82 Å². The summed E-state index contributed by atoms with van der Waals surface area (Å²) in [6.45, 7) is 0. The van der Waals surface area contributed by atoms with Crippen molar-refractivity contribution in [2.24, 2.45) is 4.99 Å². The molecule has 2 aromatic carbocycles. The van der Waals surface area contributed by atoms with Crippen LogP contribution >= 0.6 is 11.6 Å². The Morgan fingerprint density at radius 1 is 1.08 bits per heavy atom. The van der Waals surface area contributed by atoms with E-state index in [2.05, 4.69) is 20.6 Å². The fourth-order valence-electron chi connectivity index (χ4n) is 2.33. The third kappa shape index (κ3) is 2.63. The Morgan fingerprint density at radius 2 is 1.88 bits per heavy atom. The number of amides is 1. The first kappa shape index (κ1) is 14.5. The lowest BCUT2D eigenvalue weighted by molar-refractivity contribution is 0.102. The fraction of sp³-hybridized carbons (Fsp3) is 0. The van der Waals surface area contributed by atoms with Gasteiger partial charge in [-0.05, 0) is 18.2 Å². The van der Waals surface area contributed by atoms with Crippen molar-refractivity contribution < 1.29 is 9.21 Å². The number of hydrogen-bond acceptors (Lipinski definition) is 5. The highest BCUT2D eigenvalue weighted by Gasteiger charge is 2.23. The number of oxazole rings is 1. The van der Waals surface area contributed by atoms with Crippen molar-refractivity contribution in [2.75, 3.05) is 10.6 Å². The van der Waals surface area contributed by atoms with Crippen LogP contribution in [0.25, 0.3) is 0 Å². The number of aromatic nitrogens is 1. The molecule has 0 atom stereocenters. The van der Waals surface area contributed by atoms with Gasteiger partial charge < -0.3 is 9.73 Å². The molecular formula is C17H11ClN4O2. The monoisotopic (exact) mass is 338 g/mol. The quantitative estimate of drug-likeness (QED) is 0.679. The third-order valence-electron chi connectivity index (χ3n) is 3.49. The molecule has 118 valence electrons. The Kier molecular flexibility index (Phi) is 3.51. The number of fused-ring (bicyclic) bond motifs is 2. The van der Waals surface area contributed by atoms with Crippen LogP contribution in [0, 0.1) is 0 Å². The molecule has 0 radical (unpaired) electrons. The molecule has 0 unspecified atom stereocenters. The molecule has 1 aromatic heterocycles. The van der Waals surface area contributed by atoms with Gasteiger partial charge in [-0.2, -0.15) is 4.98 Å². The van der Waals surface area contributed by atoms with Crippen LogP contribution in [0.4, 0.5) is 23.4 Å². The van der Waals surface area contributed by atoms with Crippen LogP contribution in [0.2, 0.25) is 5.02 Å². The maximum atomic E-state index is 12.2. The van der Waals surface area contributed by atoms with Gasteiger partial charge in [0.1, 0.15) is 0 Å². The number of carbonyl (C=O) groups is 1. The van der Waals surface area contributed by atoms with Gasteiger partial charge in [-0.3, -0.25) is 10.1 Å². The second-order valence-electron chi connectivity index (χ2n) is 5.08. The molecule has 4 rings (SSSR count). The number of aliphatic imine (C=N–C) groups is 1. The minimum atomic E-state index is -0.269. The van der Waals surface area contributed by atoms with Crippen molar-refractivity contribution in [3.8, 4) is 0 Å². The number of anilines is 3. The molecule has 24 heavy (non-hydrogen) atoms. The standard InChI is InChI=1S/C17H11ClN4O2/c18-12-7-3-1-5-10(12)9-19-17-21-14-16(24-17)22-15(23)11-6-2-4-8-13(11)20-14/h1-9,20H,(H,22,23). The van der Waals surface area contributed by atoms with Crippen molar-refractivity contribution in [2.45, 2.75) is 0 Å². The van der Waals surface area contributed by atoms with Gasteiger partial charge in [-0.15, -0.1) is 0 Å². The predicted octanol–water partition coefficient (Wildman–Crippen LogP) is 4.39. The zero-order chi connectivity index (χ0) is 16.5. The second kappa shape index (κ2) is 5.82. The molecule has 1 amide bonds. The number of nitrogens with one attached hydrogen (secondary N) is 2. The van der Waals surface area contributed by atoms with Gasteiger partial charge in [0.2, 0.25) is 5.88 Å². The van der Waals surface area contributed by atoms with Crippen molar-refractivity contribution >= 4 is 47.1 Å². The first-order valence-electron chi connectivity index (χ1n) is 7.17. The number of halogens is 1. The smallest absolute Gasteiger partial charge is 0.325 e. The summed E-state index contributed by atoms with van der Waals surface area (Å²) in [6, 6.07) is 14.6. The van der Waals surface area contributed by atoms with Crippen molar-refractivity contribution in [1.82, 2.24) is 4.98 Å². The zero-order valence-electron chi connectivity index (χ0n) is 12.3. The fourth-order valence-corrected chi connectivity index (χ4v) is 2.51. The number of para-hydroxylation sites is 1. The van der Waals surface area contributed by atoms with Crippen LogP contribution in [0.1, 0.15) is 15.9 Å². The van der Waals surface area contributed by atoms with E-state index < -0.39 is 0 Å². The Morgan fingerprint density at radius 3 is 2.75 bits per heavy atom. The van der Waals surface area contributed by atoms with E-state index in [0.29, 0.717) is 22.1 Å². The molecular weight excluding hydrogens is 328 g/mol. The van der Waals surface area contributed by atoms with Crippen LogP contribution < -0.4 is 10.6 Å². The molecule has 6 nitrogen and oxygen atoms in total. The molecule has 0 saturated carbocycles. The predicted molar refractivity (Wildman–Crippen MR) is 92.9 cm³/mol. The Labute approximate surface area is 142 Å². The summed E-state index contributed by atoms with van der Waals surface area (Å²) < 4.78 is 5.50. The van der Waals surface area contributed by atoms with E-state index in [1.54, 1.807) is 30.5 Å². The summed E-state index contributed by atoms with van der Waals surface area (Å²) in [5.74, 6) is 0.358. The Balaban J connectivity index is 1.66. The number of benzene rings is 2. The summed E-state index contributed by atoms with van der Waals surface area (Å²) in [5.41, 5.74) is 1.92. The molecule has 3 aromatic rings. The summed E-state index contributed by atoms with van der Waals surface area (Å²) in [7, 11) is 0. The molecule has 0 fully saturated rings. The molecule has 2 heterocycles. The van der Waals surface area contributed by atoms with E-state index in [-0.39, 0.29) is 17.8 Å². The van der Waals surface area contributed by atoms with E-state index in [4.69, 9.17) is 16.0 Å². The van der Waals surface area contributed by atoms with Crippen LogP contribution in [-0.4, -0.2) is 17.1 Å². The Bertz CT molecular complexity index is 965. The highest BCUT2D eigenvalue weighted by Crippen LogP contribution is 2.34. The number of rotatable bonds is 2. The van der Waals surface area contributed by atoms with Gasteiger partial charge >= 0.3 is 6.01 Å². The van der Waals surface area contributed by atoms with Crippen LogP contribution in [0.15, 0.2) is 57.9 Å². The highest BCUT2D eigenvalue weighted by molar-refractivity contribution is 6.33. The first-order chi connectivity index (χ1) is 11.7. The minimum Gasteiger partial charge on any atom is -0.403 e. The number of nitrogens with zero attached hydrogens (tertiary/aromatic N) is 2. The Hall–Kier alpha value is -3.12. The highest BCUT2D eigenvalue weighted by atomic mass is 35.5. The molecule has 0 aliphatic carbocycles. The van der Waals surface area contributed by atoms with Crippen LogP contribution in [0.3, 0.4) is 0 Å². The van der Waals surface area contributed by atoms with Gasteiger partial charge in [0, 0.05) is 16.8 Å². The average molecular weight is 339 g/mol. The van der Waals surface area contributed by atoms with E-state index >= 15 is 0 Å². The van der Waals surface area contributed by atoms with Gasteiger partial charge in [0.25, 0.3) is 5.91 Å². The van der Waals surface area contributed by atoms with E-state index in [9.17, 15) is 4.79 Å². The van der Waals surface area contributed by atoms with Gasteiger partial charge in [-0.1, -0.05) is 41.9 Å². The number of carbonyl (C=O) groups excluding carboxylic acids is 1. The van der Waals surface area contributed by atoms with E-state index in [1.807, 2.05) is 24.3 Å². The van der Waals surface area contributed by atoms with Gasteiger partial charge in [0.05, 0.1) is 11.3 Å². The second-order valence-corrected chi connectivity index (χ2v) is 5.49. The number of hydrogen-bond donors (Lipinski definition) is 2. The molecule has 0 saturated heterocycles. The lowest BCUT2D eigenvalue weighted by Crippen LogP contribution is -2.10. The van der Waals surface area contributed by atoms with Crippen molar-refractivity contribution in [3.05, 3.63) is 64.7 Å². The van der Waals surface area contributed by atoms with Gasteiger partial charge in [-0.25, -0.2) is 4.99 Å². The zero-order valence-corrected chi connectivity index (χ0v) is 13.0. The van der Waals surface area contributed by atoms with Crippen LogP contribution in [0.5, 0.6) is 0 Å². The maximum absolute atomic E-state index is 12.2. The summed E-state index contributed by atoms with van der Waals surface area (Å²) in [4.78, 5) is 20.6. The van der Waals surface area contributed by atoms with E-state index in [0.717, 1.165) is 5.56 Å². The van der Waals surface area contributed by atoms with Crippen LogP contribution in [-0.2, 0) is 0 Å². The molecule has 0 spiro atoms. The largest absolute Gasteiger partial charge is 0.403 e. The minimum absolute atomic E-state index is 0.118. The molecule has 1 aliphatic rings. The molecule has 0 bridgehead atoms. The maximum Gasteiger partial charge on any atom is 0.325 e. The van der Waals surface area contributed by atoms with Crippen molar-refractivity contribution in [3.63, 3.8) is 0 Å². The summed E-state index contributed by atoms with van der Waals surface area (Å²) >= 11 is 6.08. The molecule has 2 N–H and O–H groups in total. The topological polar surface area (TPSA) is 79.5 Å². The van der Waals surface area contributed by atoms with Crippen molar-refractivity contribution in [1.29, 1.82) is 0 Å². The normalized spacial score (nSPS) is 13.0. The molecule has 1 aliphatic heterocycles. The third-order valence-corrected chi connectivity index (χ3v) is 3.83. The summed E-state index contributed by atoms with van der Waals surface area (Å²) in [6.07, 6.45) is 1.56. The first-order valence-corrected chi connectivity index (χ1v) is 7.55. The average Bonchev–Trinajstić information content (AvgIpc) is 2.90. The summed E-state index contributed by atoms with van der Waals surface area (Å²) in [5, 5.41) is 6.33. The van der Waals surface area contributed by atoms with E-state index in [1.165, 1.54) is 0 Å². The SMILES string of the molecule is O=C1Nc2oc(N=Cc3ccccc3Cl)nc2Nc2ccccc21. The lowest BCUT2D eigenvalue weighted by atomic mass is 10.1. The lowest BCUT2D eigenvalue weighted by Gasteiger charge is -2.03.